The molecule has 0 aromatic rings. The van der Waals surface area contributed by atoms with Gasteiger partial charge in [-0.2, -0.15) is 0 Å². The molecule has 20 heavy (non-hydrogen) atoms. The van der Waals surface area contributed by atoms with E-state index in [9.17, 15) is 19.8 Å². The Morgan fingerprint density at radius 2 is 1.85 bits per heavy atom. The number of rotatable bonds is 1. The van der Waals surface area contributed by atoms with Crippen molar-refractivity contribution in [2.75, 3.05) is 33.2 Å². The number of carbonyl (C=O) groups excluding carboxylic acids is 1. The zero-order valence-electron chi connectivity index (χ0n) is 12.0. The maximum absolute atomic E-state index is 12.6. The van der Waals surface area contributed by atoms with Gasteiger partial charge in [-0.3, -0.25) is 0 Å². The molecule has 2 aliphatic heterocycles. The zero-order chi connectivity index (χ0) is 14.9. The van der Waals surface area contributed by atoms with Crippen molar-refractivity contribution in [2.24, 2.45) is 0 Å². The molecule has 114 valence electrons. The van der Waals surface area contributed by atoms with Gasteiger partial charge in [0, 0.05) is 32.1 Å². The number of likely N-dealkylation sites (N-methyl/N-ethyl adjacent to an activating group) is 1. The second-order valence-electron chi connectivity index (χ2n) is 5.84. The Hall–Kier alpha value is -1.34. The summed E-state index contributed by atoms with van der Waals surface area (Å²) in [5.41, 5.74) is 0. The smallest absolute Gasteiger partial charge is 0.326 e. The standard InChI is InChI=1S/C13H23N3O4/c1-9-7-14(2)4-3-5-15(9)13(20)16-8-10(17)6-11(16)12(18)19/h9-11,17H,3-8H2,1-2H3,(H,18,19)/t9?,10-,11-/m1/s1. The van der Waals surface area contributed by atoms with Crippen molar-refractivity contribution in [3.63, 3.8) is 0 Å². The van der Waals surface area contributed by atoms with E-state index in [0.29, 0.717) is 6.54 Å². The van der Waals surface area contributed by atoms with E-state index in [1.165, 1.54) is 4.90 Å². The van der Waals surface area contributed by atoms with Gasteiger partial charge in [-0.05, 0) is 26.9 Å². The van der Waals surface area contributed by atoms with Gasteiger partial charge in [-0.15, -0.1) is 0 Å². The highest BCUT2D eigenvalue weighted by Gasteiger charge is 2.41. The molecule has 2 fully saturated rings. The maximum atomic E-state index is 12.6. The number of aliphatic hydroxyl groups excluding tert-OH is 1. The summed E-state index contributed by atoms with van der Waals surface area (Å²) in [6, 6.07) is -1.13. The minimum absolute atomic E-state index is 0.0437. The number of aliphatic hydroxyl groups is 1. The van der Waals surface area contributed by atoms with Crippen LogP contribution in [0.5, 0.6) is 0 Å². The molecule has 0 bridgehead atoms. The normalized spacial score (nSPS) is 32.2. The van der Waals surface area contributed by atoms with Crippen molar-refractivity contribution >= 4 is 12.0 Å². The quantitative estimate of drug-likeness (QED) is 0.688. The SMILES string of the molecule is CC1CN(C)CCCN1C(=O)N1C[C@H](O)C[C@@H]1C(=O)O. The number of aliphatic carboxylic acids is 1. The van der Waals surface area contributed by atoms with Gasteiger partial charge in [-0.25, -0.2) is 9.59 Å². The molecule has 0 radical (unpaired) electrons. The van der Waals surface area contributed by atoms with E-state index in [-0.39, 0.29) is 25.0 Å². The first-order valence-corrected chi connectivity index (χ1v) is 7.06. The molecule has 3 atom stereocenters. The Labute approximate surface area is 118 Å². The fourth-order valence-electron chi connectivity index (χ4n) is 3.08. The number of hydrogen-bond acceptors (Lipinski definition) is 4. The van der Waals surface area contributed by atoms with Gasteiger partial charge in [0.25, 0.3) is 0 Å². The molecule has 0 aromatic heterocycles. The molecule has 2 rings (SSSR count). The molecule has 0 spiro atoms. The molecule has 7 heteroatoms. The van der Waals surface area contributed by atoms with Crippen LogP contribution in [-0.2, 0) is 4.79 Å². The number of carboxylic acid groups (broad SMARTS) is 1. The van der Waals surface area contributed by atoms with Gasteiger partial charge >= 0.3 is 12.0 Å². The van der Waals surface area contributed by atoms with Gasteiger partial charge in [0.15, 0.2) is 0 Å². The van der Waals surface area contributed by atoms with Crippen LogP contribution in [0.1, 0.15) is 19.8 Å². The molecule has 0 aliphatic carbocycles. The van der Waals surface area contributed by atoms with Gasteiger partial charge in [0.2, 0.25) is 0 Å². The number of nitrogens with zero attached hydrogens (tertiary/aromatic N) is 3. The van der Waals surface area contributed by atoms with E-state index < -0.39 is 18.1 Å². The molecule has 1 unspecified atom stereocenters. The lowest BCUT2D eigenvalue weighted by Crippen LogP contribution is -2.52. The van der Waals surface area contributed by atoms with Crippen LogP contribution in [-0.4, -0.2) is 88.3 Å². The lowest BCUT2D eigenvalue weighted by atomic mass is 10.2. The Balaban J connectivity index is 2.11. The van der Waals surface area contributed by atoms with Crippen molar-refractivity contribution in [2.45, 2.75) is 38.0 Å². The first-order valence-electron chi connectivity index (χ1n) is 7.06. The van der Waals surface area contributed by atoms with Crippen molar-refractivity contribution in [3.05, 3.63) is 0 Å². The molecule has 2 N–H and O–H groups in total. The Morgan fingerprint density at radius 1 is 1.15 bits per heavy atom. The van der Waals surface area contributed by atoms with E-state index in [1.54, 1.807) is 4.90 Å². The molecular formula is C13H23N3O4. The lowest BCUT2D eigenvalue weighted by molar-refractivity contribution is -0.141. The topological polar surface area (TPSA) is 84.3 Å². The molecule has 0 saturated carbocycles. The third-order valence-corrected chi connectivity index (χ3v) is 4.10. The van der Waals surface area contributed by atoms with Gasteiger partial charge in [-0.1, -0.05) is 0 Å². The fraction of sp³-hybridized carbons (Fsp3) is 0.846. The molecule has 2 heterocycles. The van der Waals surface area contributed by atoms with Crippen LogP contribution >= 0.6 is 0 Å². The van der Waals surface area contributed by atoms with Crippen molar-refractivity contribution in [3.8, 4) is 0 Å². The van der Waals surface area contributed by atoms with Crippen molar-refractivity contribution < 1.29 is 19.8 Å². The van der Waals surface area contributed by atoms with Crippen molar-refractivity contribution in [1.29, 1.82) is 0 Å². The number of β-amino-alcohol motifs (C(OH)–C–C–N with tert-alkyl or cyclic N) is 1. The average Bonchev–Trinajstić information content (AvgIpc) is 2.67. The van der Waals surface area contributed by atoms with Crippen LogP contribution in [0.4, 0.5) is 4.79 Å². The predicted molar refractivity (Wildman–Crippen MR) is 72.4 cm³/mol. The van der Waals surface area contributed by atoms with Crippen LogP contribution in [0.2, 0.25) is 0 Å². The second kappa shape index (κ2) is 5.97. The average molecular weight is 285 g/mol. The summed E-state index contributed by atoms with van der Waals surface area (Å²) in [5, 5.41) is 18.8. The maximum Gasteiger partial charge on any atom is 0.326 e. The van der Waals surface area contributed by atoms with Gasteiger partial charge < -0.3 is 24.9 Å². The van der Waals surface area contributed by atoms with E-state index in [2.05, 4.69) is 4.90 Å². The second-order valence-corrected chi connectivity index (χ2v) is 5.84. The zero-order valence-corrected chi connectivity index (χ0v) is 12.0. The highest BCUT2D eigenvalue weighted by atomic mass is 16.4. The first kappa shape index (κ1) is 15.1. The van der Waals surface area contributed by atoms with Crippen LogP contribution in [0.25, 0.3) is 0 Å². The Morgan fingerprint density at radius 3 is 2.50 bits per heavy atom. The lowest BCUT2D eigenvalue weighted by Gasteiger charge is -2.33. The minimum Gasteiger partial charge on any atom is -0.480 e. The summed E-state index contributed by atoms with van der Waals surface area (Å²) in [6.45, 7) is 4.42. The molecular weight excluding hydrogens is 262 g/mol. The van der Waals surface area contributed by atoms with E-state index in [1.807, 2.05) is 14.0 Å². The van der Waals surface area contributed by atoms with Crippen LogP contribution < -0.4 is 0 Å². The number of likely N-dealkylation sites (tertiary alicyclic amines) is 1. The minimum atomic E-state index is -1.05. The monoisotopic (exact) mass is 285 g/mol. The third-order valence-electron chi connectivity index (χ3n) is 4.10. The van der Waals surface area contributed by atoms with Crippen LogP contribution in [0, 0.1) is 0 Å². The van der Waals surface area contributed by atoms with Gasteiger partial charge in [0.1, 0.15) is 6.04 Å². The van der Waals surface area contributed by atoms with E-state index in [4.69, 9.17) is 0 Å². The number of carboxylic acids is 1. The Kier molecular flexibility index (Phi) is 4.49. The predicted octanol–water partition coefficient (Wildman–Crippen LogP) is -0.348. The van der Waals surface area contributed by atoms with Gasteiger partial charge in [0.05, 0.1) is 6.10 Å². The fourth-order valence-corrected chi connectivity index (χ4v) is 3.08. The molecule has 2 saturated heterocycles. The molecule has 7 nitrogen and oxygen atoms in total. The molecule has 2 aliphatic rings. The summed E-state index contributed by atoms with van der Waals surface area (Å²) in [4.78, 5) is 29.0. The van der Waals surface area contributed by atoms with E-state index in [0.717, 1.165) is 19.5 Å². The van der Waals surface area contributed by atoms with Crippen LogP contribution in [0.15, 0.2) is 0 Å². The third kappa shape index (κ3) is 3.04. The number of hydrogen-bond donors (Lipinski definition) is 2. The first-order chi connectivity index (χ1) is 9.40. The van der Waals surface area contributed by atoms with E-state index >= 15 is 0 Å². The highest BCUT2D eigenvalue weighted by Crippen LogP contribution is 2.22. The number of carbonyl (C=O) groups is 2. The number of amides is 2. The molecule has 0 aromatic carbocycles. The van der Waals surface area contributed by atoms with Crippen LogP contribution in [0.3, 0.4) is 0 Å². The highest BCUT2D eigenvalue weighted by molar-refractivity contribution is 5.83. The summed E-state index contributed by atoms with van der Waals surface area (Å²) in [7, 11) is 2.02. The number of urea groups is 1. The summed E-state index contributed by atoms with van der Waals surface area (Å²) in [6.07, 6.45) is 0.245. The molecule has 2 amide bonds. The summed E-state index contributed by atoms with van der Waals surface area (Å²) >= 11 is 0. The summed E-state index contributed by atoms with van der Waals surface area (Å²) in [5.74, 6) is -1.05. The Bertz CT molecular complexity index is 390. The summed E-state index contributed by atoms with van der Waals surface area (Å²) < 4.78 is 0. The largest absolute Gasteiger partial charge is 0.480 e. The van der Waals surface area contributed by atoms with Crippen molar-refractivity contribution in [1.82, 2.24) is 14.7 Å².